The molecule has 2 nitrogen and oxygen atoms in total. The summed E-state index contributed by atoms with van der Waals surface area (Å²) in [6.07, 6.45) is 1.24. The van der Waals surface area contributed by atoms with Gasteiger partial charge in [-0.25, -0.2) is 4.99 Å². The van der Waals surface area contributed by atoms with E-state index in [1.165, 1.54) is 6.21 Å². The van der Waals surface area contributed by atoms with E-state index in [1.807, 2.05) is 37.3 Å². The van der Waals surface area contributed by atoms with Crippen LogP contribution in [0.3, 0.4) is 0 Å². The number of aryl methyl sites for hydroxylation is 1. The zero-order valence-electron chi connectivity index (χ0n) is 6.28. The molecule has 0 spiro atoms. The Morgan fingerprint density at radius 1 is 1.45 bits per heavy atom. The van der Waals surface area contributed by atoms with E-state index in [1.54, 1.807) is 0 Å². The Kier molecular flexibility index (Phi) is 2.40. The van der Waals surface area contributed by atoms with Crippen LogP contribution in [0.15, 0.2) is 29.3 Å². The van der Waals surface area contributed by atoms with Crippen LogP contribution in [-0.4, -0.2) is 6.21 Å². The van der Waals surface area contributed by atoms with E-state index >= 15 is 0 Å². The molecule has 1 rings (SSSR count). The molecule has 0 N–H and O–H groups in total. The minimum absolute atomic E-state index is 0.856. The van der Waals surface area contributed by atoms with Gasteiger partial charge in [0.25, 0.3) is 0 Å². The van der Waals surface area contributed by atoms with Gasteiger partial charge >= 0.3 is 0 Å². The fraction of sp³-hybridized carbons (Fsp3) is 0.111. The first kappa shape index (κ1) is 7.49. The zero-order chi connectivity index (χ0) is 8.10. The molecule has 0 radical (unpaired) electrons. The van der Waals surface area contributed by atoms with Crippen LogP contribution < -0.4 is 0 Å². The predicted molar refractivity (Wildman–Crippen MR) is 44.9 cm³/mol. The van der Waals surface area contributed by atoms with Gasteiger partial charge in [-0.1, -0.05) is 18.2 Å². The maximum Gasteiger partial charge on any atom is 0.111 e. The minimum atomic E-state index is 0.856. The monoisotopic (exact) mass is 144 g/mol. The molecule has 0 atom stereocenters. The lowest BCUT2D eigenvalue weighted by atomic mass is 10.2. The standard InChI is InChI=1S/C9H8N2/c1-8-4-2-3-5-9(8)11-7-6-10/h2-5,7H,1H3. The van der Waals surface area contributed by atoms with Gasteiger partial charge in [-0.05, 0) is 18.6 Å². The van der Waals surface area contributed by atoms with Gasteiger partial charge < -0.3 is 0 Å². The van der Waals surface area contributed by atoms with E-state index in [0.29, 0.717) is 0 Å². The molecule has 0 aliphatic rings. The van der Waals surface area contributed by atoms with Crippen molar-refractivity contribution in [3.63, 3.8) is 0 Å². The summed E-state index contributed by atoms with van der Waals surface area (Å²) in [5, 5.41) is 8.22. The lowest BCUT2D eigenvalue weighted by Gasteiger charge is -1.95. The second-order valence-electron chi connectivity index (χ2n) is 2.17. The van der Waals surface area contributed by atoms with E-state index in [4.69, 9.17) is 5.26 Å². The number of aliphatic imine (C=N–C) groups is 1. The van der Waals surface area contributed by atoms with Crippen LogP contribution in [0.25, 0.3) is 0 Å². The second-order valence-corrected chi connectivity index (χ2v) is 2.17. The highest BCUT2D eigenvalue weighted by Gasteiger charge is 1.89. The summed E-state index contributed by atoms with van der Waals surface area (Å²) in [5.74, 6) is 0. The smallest absolute Gasteiger partial charge is 0.111 e. The third-order valence-electron chi connectivity index (χ3n) is 1.38. The average Bonchev–Trinajstić information content (AvgIpc) is 2.03. The van der Waals surface area contributed by atoms with Crippen molar-refractivity contribution in [2.45, 2.75) is 6.92 Å². The Bertz CT molecular complexity index is 308. The number of hydrogen-bond donors (Lipinski definition) is 0. The van der Waals surface area contributed by atoms with Crippen molar-refractivity contribution < 1.29 is 0 Å². The van der Waals surface area contributed by atoms with Crippen LogP contribution in [0.1, 0.15) is 5.56 Å². The maximum atomic E-state index is 8.22. The van der Waals surface area contributed by atoms with E-state index in [9.17, 15) is 0 Å². The zero-order valence-corrected chi connectivity index (χ0v) is 6.28. The predicted octanol–water partition coefficient (Wildman–Crippen LogP) is 2.22. The first-order valence-electron chi connectivity index (χ1n) is 3.32. The van der Waals surface area contributed by atoms with Crippen LogP contribution in [0.4, 0.5) is 5.69 Å². The summed E-state index contributed by atoms with van der Waals surface area (Å²) >= 11 is 0. The van der Waals surface area contributed by atoms with Crippen molar-refractivity contribution in [2.24, 2.45) is 4.99 Å². The summed E-state index contributed by atoms with van der Waals surface area (Å²) < 4.78 is 0. The molecule has 0 aromatic heterocycles. The molecular weight excluding hydrogens is 136 g/mol. The van der Waals surface area contributed by atoms with Gasteiger partial charge in [-0.15, -0.1) is 0 Å². The third-order valence-corrected chi connectivity index (χ3v) is 1.38. The lowest BCUT2D eigenvalue weighted by Crippen LogP contribution is -1.72. The Balaban J connectivity index is 2.97. The quantitative estimate of drug-likeness (QED) is 0.556. The third kappa shape index (κ3) is 1.91. The highest BCUT2D eigenvalue weighted by molar-refractivity contribution is 5.78. The second kappa shape index (κ2) is 3.52. The molecule has 0 saturated heterocycles. The largest absolute Gasteiger partial charge is 0.245 e. The van der Waals surface area contributed by atoms with Gasteiger partial charge in [0.1, 0.15) is 12.3 Å². The lowest BCUT2D eigenvalue weighted by molar-refractivity contribution is 1.41. The van der Waals surface area contributed by atoms with Crippen molar-refractivity contribution in [2.75, 3.05) is 0 Å². The molecular formula is C9H8N2. The molecule has 0 heterocycles. The van der Waals surface area contributed by atoms with Crippen molar-refractivity contribution in [1.29, 1.82) is 5.26 Å². The first-order chi connectivity index (χ1) is 5.34. The number of nitriles is 1. The summed E-state index contributed by atoms with van der Waals surface area (Å²) in [6.45, 7) is 1.96. The SMILES string of the molecule is Cc1ccccc1N=CC#N. The van der Waals surface area contributed by atoms with Gasteiger partial charge in [-0.2, -0.15) is 5.26 Å². The summed E-state index contributed by atoms with van der Waals surface area (Å²) in [5.41, 5.74) is 1.94. The molecule has 0 aliphatic heterocycles. The molecule has 11 heavy (non-hydrogen) atoms. The van der Waals surface area contributed by atoms with Gasteiger partial charge in [0.05, 0.1) is 5.69 Å². The number of nitrogens with zero attached hydrogens (tertiary/aromatic N) is 2. The Hall–Kier alpha value is -1.62. The first-order valence-corrected chi connectivity index (χ1v) is 3.32. The van der Waals surface area contributed by atoms with Crippen molar-refractivity contribution >= 4 is 11.9 Å². The molecule has 1 aromatic carbocycles. The van der Waals surface area contributed by atoms with E-state index in [-0.39, 0.29) is 0 Å². The molecule has 0 bridgehead atoms. The fourth-order valence-electron chi connectivity index (χ4n) is 0.807. The van der Waals surface area contributed by atoms with Crippen molar-refractivity contribution in [1.82, 2.24) is 0 Å². The van der Waals surface area contributed by atoms with E-state index in [2.05, 4.69) is 4.99 Å². The van der Waals surface area contributed by atoms with Crippen LogP contribution in [0.5, 0.6) is 0 Å². The normalized spacial score (nSPS) is 9.82. The highest BCUT2D eigenvalue weighted by Crippen LogP contribution is 2.15. The van der Waals surface area contributed by atoms with Crippen LogP contribution >= 0.6 is 0 Å². The van der Waals surface area contributed by atoms with Crippen molar-refractivity contribution in [3.05, 3.63) is 29.8 Å². The molecule has 0 fully saturated rings. The van der Waals surface area contributed by atoms with Gasteiger partial charge in [-0.3, -0.25) is 0 Å². The van der Waals surface area contributed by atoms with E-state index < -0.39 is 0 Å². The minimum Gasteiger partial charge on any atom is -0.245 e. The van der Waals surface area contributed by atoms with Crippen LogP contribution in [0, 0.1) is 18.3 Å². The number of benzene rings is 1. The number of rotatable bonds is 1. The molecule has 1 aromatic rings. The summed E-state index contributed by atoms with van der Waals surface area (Å²) in [6, 6.07) is 9.54. The van der Waals surface area contributed by atoms with Crippen molar-refractivity contribution in [3.8, 4) is 6.07 Å². The highest BCUT2D eigenvalue weighted by atomic mass is 14.7. The summed E-state index contributed by atoms with van der Waals surface area (Å²) in [7, 11) is 0. The molecule has 0 saturated carbocycles. The number of hydrogen-bond acceptors (Lipinski definition) is 2. The molecule has 0 aliphatic carbocycles. The Labute approximate surface area is 65.8 Å². The van der Waals surface area contributed by atoms with E-state index in [0.717, 1.165) is 11.3 Å². The van der Waals surface area contributed by atoms with Crippen LogP contribution in [0.2, 0.25) is 0 Å². The molecule has 54 valence electrons. The maximum absolute atomic E-state index is 8.22. The number of para-hydroxylation sites is 1. The Morgan fingerprint density at radius 3 is 2.82 bits per heavy atom. The fourth-order valence-corrected chi connectivity index (χ4v) is 0.807. The van der Waals surface area contributed by atoms with Gasteiger partial charge in [0.15, 0.2) is 0 Å². The van der Waals surface area contributed by atoms with Crippen LogP contribution in [-0.2, 0) is 0 Å². The van der Waals surface area contributed by atoms with Gasteiger partial charge in [0, 0.05) is 0 Å². The average molecular weight is 144 g/mol. The van der Waals surface area contributed by atoms with Gasteiger partial charge in [0.2, 0.25) is 0 Å². The topological polar surface area (TPSA) is 36.1 Å². The molecule has 0 amide bonds. The summed E-state index contributed by atoms with van der Waals surface area (Å²) in [4.78, 5) is 3.94. The Morgan fingerprint density at radius 2 is 2.18 bits per heavy atom. The molecule has 2 heteroatoms. The molecule has 0 unspecified atom stereocenters.